The van der Waals surface area contributed by atoms with E-state index in [2.05, 4.69) is 54.1 Å². The molecule has 334 valence electrons. The van der Waals surface area contributed by atoms with Crippen LogP contribution in [0.1, 0.15) is 180 Å². The summed E-state index contributed by atoms with van der Waals surface area (Å²) < 4.78 is 6.30. The number of amides is 1. The minimum absolute atomic E-state index is 0.0150. The number of anilines is 3. The minimum atomic E-state index is -0.712. The van der Waals surface area contributed by atoms with E-state index in [4.69, 9.17) is 14.9 Å². The van der Waals surface area contributed by atoms with Crippen LogP contribution in [0.2, 0.25) is 0 Å². The summed E-state index contributed by atoms with van der Waals surface area (Å²) >= 11 is 0. The SMILES string of the molecule is CCCCCCCCOc1cc(N(CC)CC)ccc1C=C(C#N)C(=O)Nc1ccc(N(CCCCCCCCCCC(=O)O)CCCCCCCCCCC(=O)O)cc1. The van der Waals surface area contributed by atoms with Crippen molar-refractivity contribution in [3.8, 4) is 11.8 Å². The first kappa shape index (κ1) is 51.6. The maximum atomic E-state index is 13.5. The van der Waals surface area contributed by atoms with E-state index in [0.717, 1.165) is 127 Å². The van der Waals surface area contributed by atoms with Gasteiger partial charge in [0.25, 0.3) is 5.91 Å². The molecule has 2 rings (SSSR count). The Labute approximate surface area is 362 Å². The van der Waals surface area contributed by atoms with E-state index in [0.29, 0.717) is 23.6 Å². The zero-order chi connectivity index (χ0) is 43.6. The van der Waals surface area contributed by atoms with Gasteiger partial charge in [0.2, 0.25) is 0 Å². The smallest absolute Gasteiger partial charge is 0.303 e. The summed E-state index contributed by atoms with van der Waals surface area (Å²) in [4.78, 5) is 39.7. The average molecular weight is 831 g/mol. The van der Waals surface area contributed by atoms with Crippen LogP contribution in [0.3, 0.4) is 0 Å². The summed E-state index contributed by atoms with van der Waals surface area (Å²) in [5.41, 5.74) is 3.52. The van der Waals surface area contributed by atoms with E-state index in [1.807, 2.05) is 30.3 Å². The molecular weight excluding hydrogens is 753 g/mol. The first-order chi connectivity index (χ1) is 29.2. The third-order valence-electron chi connectivity index (χ3n) is 11.2. The molecule has 0 saturated carbocycles. The number of carboxylic acids is 2. The van der Waals surface area contributed by atoms with Gasteiger partial charge in [-0.25, -0.2) is 0 Å². The average Bonchev–Trinajstić information content (AvgIpc) is 3.24. The summed E-state index contributed by atoms with van der Waals surface area (Å²) in [7, 11) is 0. The van der Waals surface area contributed by atoms with Crippen molar-refractivity contribution >= 4 is 41.0 Å². The zero-order valence-corrected chi connectivity index (χ0v) is 37.5. The normalized spacial score (nSPS) is 11.3. The largest absolute Gasteiger partial charge is 0.493 e. The fourth-order valence-electron chi connectivity index (χ4n) is 7.52. The Balaban J connectivity index is 2.05. The molecule has 0 aliphatic carbocycles. The molecule has 2 aromatic carbocycles. The number of benzene rings is 2. The number of nitrogens with one attached hydrogen (secondary N) is 1. The van der Waals surface area contributed by atoms with Gasteiger partial charge in [-0.3, -0.25) is 14.4 Å². The van der Waals surface area contributed by atoms with E-state index in [1.54, 1.807) is 6.08 Å². The molecule has 0 aliphatic heterocycles. The Bertz CT molecular complexity index is 1510. The molecule has 10 nitrogen and oxygen atoms in total. The monoisotopic (exact) mass is 831 g/mol. The topological polar surface area (TPSA) is 143 Å². The van der Waals surface area contributed by atoms with Crippen molar-refractivity contribution < 1.29 is 29.3 Å². The van der Waals surface area contributed by atoms with Crippen molar-refractivity contribution in [2.45, 2.75) is 175 Å². The van der Waals surface area contributed by atoms with Crippen molar-refractivity contribution in [3.63, 3.8) is 0 Å². The maximum absolute atomic E-state index is 13.5. The van der Waals surface area contributed by atoms with Crippen LogP contribution in [-0.2, 0) is 14.4 Å². The van der Waals surface area contributed by atoms with Crippen LogP contribution < -0.4 is 19.9 Å². The second-order valence-corrected chi connectivity index (χ2v) is 16.1. The Kier molecular flexibility index (Phi) is 28.6. The van der Waals surface area contributed by atoms with Crippen LogP contribution in [0, 0.1) is 11.3 Å². The molecule has 0 unspecified atom stereocenters. The van der Waals surface area contributed by atoms with Gasteiger partial charge < -0.3 is 30.1 Å². The molecule has 3 N–H and O–H groups in total. The van der Waals surface area contributed by atoms with Crippen LogP contribution in [0.5, 0.6) is 5.75 Å². The van der Waals surface area contributed by atoms with E-state index in [9.17, 15) is 19.6 Å². The summed E-state index contributed by atoms with van der Waals surface area (Å²) in [5.74, 6) is -1.20. The lowest BCUT2D eigenvalue weighted by atomic mass is 10.1. The predicted molar refractivity (Wildman–Crippen MR) is 248 cm³/mol. The van der Waals surface area contributed by atoms with Gasteiger partial charge in [-0.15, -0.1) is 0 Å². The van der Waals surface area contributed by atoms with Crippen molar-refractivity contribution in [2.75, 3.05) is 47.9 Å². The summed E-state index contributed by atoms with van der Waals surface area (Å²) in [5, 5.41) is 30.7. The number of ether oxygens (including phenoxy) is 1. The van der Waals surface area contributed by atoms with Gasteiger partial charge in [0.1, 0.15) is 17.4 Å². The summed E-state index contributed by atoms with van der Waals surface area (Å²) in [6, 6.07) is 16.0. The zero-order valence-electron chi connectivity index (χ0n) is 37.5. The molecular formula is C50H78N4O6. The van der Waals surface area contributed by atoms with Gasteiger partial charge in [0.05, 0.1) is 6.61 Å². The number of aliphatic carboxylic acids is 2. The first-order valence-electron chi connectivity index (χ1n) is 23.5. The number of rotatable bonds is 37. The standard InChI is InChI=1S/C50H78N4O6/c1-4-7-8-9-22-27-38-60-47-40-46(53(5-2)6-3)33-30-42(47)39-43(41-51)50(59)52-44-31-34-45(35-32-44)54(36-25-20-16-12-10-14-18-23-28-48(55)56)37-26-21-17-13-11-15-19-24-29-49(57)58/h30-35,39-40H,4-29,36-38H2,1-3H3,(H,52,59)(H,55,56)(H,57,58). The number of unbranched alkanes of at least 4 members (excludes halogenated alkanes) is 19. The van der Waals surface area contributed by atoms with Gasteiger partial charge >= 0.3 is 11.9 Å². The van der Waals surface area contributed by atoms with E-state index >= 15 is 0 Å². The highest BCUT2D eigenvalue weighted by Gasteiger charge is 2.15. The highest BCUT2D eigenvalue weighted by atomic mass is 16.5. The second-order valence-electron chi connectivity index (χ2n) is 16.1. The number of hydrogen-bond acceptors (Lipinski definition) is 7. The number of carboxylic acid groups (broad SMARTS) is 2. The molecule has 0 heterocycles. The van der Waals surface area contributed by atoms with Crippen molar-refractivity contribution in [3.05, 3.63) is 53.6 Å². The van der Waals surface area contributed by atoms with Crippen LogP contribution >= 0.6 is 0 Å². The van der Waals surface area contributed by atoms with Gasteiger partial charge in [-0.2, -0.15) is 5.26 Å². The van der Waals surface area contributed by atoms with Crippen LogP contribution in [0.25, 0.3) is 6.08 Å². The molecule has 0 saturated heterocycles. The number of nitriles is 1. The van der Waals surface area contributed by atoms with Gasteiger partial charge in [-0.05, 0) is 88.4 Å². The quantitative estimate of drug-likeness (QED) is 0.0344. The van der Waals surface area contributed by atoms with Crippen molar-refractivity contribution in [2.24, 2.45) is 0 Å². The molecule has 1 amide bonds. The molecule has 0 aliphatic rings. The van der Waals surface area contributed by atoms with Gasteiger partial charge in [0, 0.05) is 67.7 Å². The highest BCUT2D eigenvalue weighted by Crippen LogP contribution is 2.29. The maximum Gasteiger partial charge on any atom is 0.303 e. The molecule has 10 heteroatoms. The molecule has 60 heavy (non-hydrogen) atoms. The lowest BCUT2D eigenvalue weighted by Crippen LogP contribution is -2.25. The van der Waals surface area contributed by atoms with E-state index in [-0.39, 0.29) is 18.4 Å². The van der Waals surface area contributed by atoms with E-state index in [1.165, 1.54) is 51.4 Å². The Morgan fingerprint density at radius 2 is 1.08 bits per heavy atom. The first-order valence-corrected chi connectivity index (χ1v) is 23.5. The fraction of sp³-hybridized carbons (Fsp3) is 0.640. The molecule has 0 atom stereocenters. The summed E-state index contributed by atoms with van der Waals surface area (Å²) in [6.45, 7) is 10.7. The number of carbonyl (C=O) groups excluding carboxylic acids is 1. The fourth-order valence-corrected chi connectivity index (χ4v) is 7.52. The number of hydrogen-bond donors (Lipinski definition) is 3. The second kappa shape index (κ2) is 33.2. The lowest BCUT2D eigenvalue weighted by Gasteiger charge is -2.25. The Morgan fingerprint density at radius 3 is 1.57 bits per heavy atom. The Morgan fingerprint density at radius 1 is 0.617 bits per heavy atom. The number of nitrogens with zero attached hydrogens (tertiary/aromatic N) is 3. The number of carbonyl (C=O) groups is 3. The third kappa shape index (κ3) is 23.3. The molecule has 0 fully saturated rings. The minimum Gasteiger partial charge on any atom is -0.493 e. The van der Waals surface area contributed by atoms with Gasteiger partial charge in [0.15, 0.2) is 0 Å². The van der Waals surface area contributed by atoms with E-state index < -0.39 is 17.8 Å². The predicted octanol–water partition coefficient (Wildman–Crippen LogP) is 12.8. The van der Waals surface area contributed by atoms with Gasteiger partial charge in [-0.1, -0.05) is 116 Å². The molecule has 0 aromatic heterocycles. The lowest BCUT2D eigenvalue weighted by molar-refractivity contribution is -0.138. The van der Waals surface area contributed by atoms with Crippen molar-refractivity contribution in [1.82, 2.24) is 0 Å². The third-order valence-corrected chi connectivity index (χ3v) is 11.2. The van der Waals surface area contributed by atoms with Crippen molar-refractivity contribution in [1.29, 1.82) is 5.26 Å². The Hall–Kier alpha value is -4.52. The molecule has 0 radical (unpaired) electrons. The van der Waals surface area contributed by atoms with Crippen LogP contribution in [0.4, 0.5) is 17.1 Å². The molecule has 2 aromatic rings. The highest BCUT2D eigenvalue weighted by molar-refractivity contribution is 6.10. The molecule has 0 spiro atoms. The van der Waals surface area contributed by atoms with Crippen LogP contribution in [-0.4, -0.2) is 60.8 Å². The van der Waals surface area contributed by atoms with Crippen LogP contribution in [0.15, 0.2) is 48.0 Å². The summed E-state index contributed by atoms with van der Waals surface area (Å²) in [6.07, 6.45) is 26.3. The molecule has 0 bridgehead atoms.